The van der Waals surface area contributed by atoms with Gasteiger partial charge in [0.15, 0.2) is 0 Å². The number of carboxylic acid groups (broad SMARTS) is 1. The second kappa shape index (κ2) is 13.3. The fourth-order valence-corrected chi connectivity index (χ4v) is 6.25. The van der Waals surface area contributed by atoms with Crippen molar-refractivity contribution in [3.8, 4) is 0 Å². The molecule has 0 bridgehead atoms. The first kappa shape index (κ1) is 32.5. The molecule has 0 aliphatic carbocycles. The number of aliphatic hydroxyl groups excluding tert-OH is 1. The summed E-state index contributed by atoms with van der Waals surface area (Å²) in [4.78, 5) is 26.7. The summed E-state index contributed by atoms with van der Waals surface area (Å²) in [7, 11) is -4.10. The van der Waals surface area contributed by atoms with E-state index in [4.69, 9.17) is 16.3 Å². The van der Waals surface area contributed by atoms with Crippen LogP contribution >= 0.6 is 23.4 Å². The maximum atomic E-state index is 13.3. The van der Waals surface area contributed by atoms with Gasteiger partial charge in [0.2, 0.25) is 9.84 Å². The van der Waals surface area contributed by atoms with Crippen molar-refractivity contribution >= 4 is 45.3 Å². The maximum absolute atomic E-state index is 13.3. The molecule has 0 aliphatic heterocycles. The molecule has 2 atom stereocenters. The third-order valence-corrected chi connectivity index (χ3v) is 9.02. The van der Waals surface area contributed by atoms with E-state index < -0.39 is 39.6 Å². The van der Waals surface area contributed by atoms with Crippen LogP contribution in [-0.2, 0) is 21.0 Å². The van der Waals surface area contributed by atoms with E-state index in [1.807, 2.05) is 6.92 Å². The fourth-order valence-electron chi connectivity index (χ4n) is 4.18. The van der Waals surface area contributed by atoms with Crippen molar-refractivity contribution < 1.29 is 33.0 Å². The zero-order valence-corrected chi connectivity index (χ0v) is 25.9. The highest BCUT2D eigenvalue weighted by atomic mass is 35.5. The van der Waals surface area contributed by atoms with Crippen molar-refractivity contribution in [2.75, 3.05) is 12.8 Å². The number of hydrogen-bond donors (Lipinski definition) is 2. The van der Waals surface area contributed by atoms with Gasteiger partial charge in [0.25, 0.3) is 0 Å². The van der Waals surface area contributed by atoms with Crippen LogP contribution in [0.15, 0.2) is 81.4 Å². The van der Waals surface area contributed by atoms with Gasteiger partial charge < -0.3 is 19.8 Å². The summed E-state index contributed by atoms with van der Waals surface area (Å²) in [6.45, 7) is 7.03. The van der Waals surface area contributed by atoms with Gasteiger partial charge in [-0.05, 0) is 94.0 Å². The summed E-state index contributed by atoms with van der Waals surface area (Å²) in [5, 5.41) is 21.0. The third-order valence-electron chi connectivity index (χ3n) is 6.23. The molecule has 8 nitrogen and oxygen atoms in total. The highest BCUT2D eigenvalue weighted by Crippen LogP contribution is 2.29. The van der Waals surface area contributed by atoms with Gasteiger partial charge >= 0.3 is 12.1 Å². The molecule has 3 rings (SSSR count). The van der Waals surface area contributed by atoms with E-state index in [1.165, 1.54) is 40.9 Å². The lowest BCUT2D eigenvalue weighted by molar-refractivity contribution is 0.00546. The van der Waals surface area contributed by atoms with Gasteiger partial charge in [0.05, 0.1) is 28.0 Å². The first-order valence-corrected chi connectivity index (χ1v) is 15.9. The standard InChI is InChI=1S/C30H34ClNO7S2/c1-19(32(29(36)39-30(2,3)4)18-26(33)21-7-6-8-22(31)16-21)15-20-9-12-24(13-10-20)41(37,38)27-14-11-23(40-5)17-25(27)28(34)35/h6-14,16-17,19,26,33H,15,18H2,1-5H3,(H,34,35)/t19-,26+/m1/s1. The molecule has 2 N–H and O–H groups in total. The summed E-state index contributed by atoms with van der Waals surface area (Å²) < 4.78 is 32.3. The SMILES string of the molecule is CSc1ccc(S(=O)(=O)c2ccc(C[C@@H](C)N(C[C@H](O)c3cccc(Cl)c3)C(=O)OC(C)(C)C)cc2)c(C(=O)O)c1. The summed E-state index contributed by atoms with van der Waals surface area (Å²) in [6, 6.07) is 16.7. The van der Waals surface area contributed by atoms with E-state index in [0.717, 1.165) is 5.56 Å². The van der Waals surface area contributed by atoms with Crippen molar-refractivity contribution in [3.05, 3.63) is 88.4 Å². The average molecular weight is 620 g/mol. The van der Waals surface area contributed by atoms with E-state index in [9.17, 15) is 28.2 Å². The Morgan fingerprint density at radius 1 is 1.05 bits per heavy atom. The van der Waals surface area contributed by atoms with Gasteiger partial charge in [-0.15, -0.1) is 11.8 Å². The van der Waals surface area contributed by atoms with Gasteiger partial charge in [0.1, 0.15) is 5.60 Å². The molecular formula is C30H34ClNO7S2. The Morgan fingerprint density at radius 2 is 1.71 bits per heavy atom. The molecule has 0 fully saturated rings. The van der Waals surface area contributed by atoms with Crippen molar-refractivity contribution in [3.63, 3.8) is 0 Å². The summed E-state index contributed by atoms with van der Waals surface area (Å²) in [6.07, 6.45) is 0.499. The second-order valence-corrected chi connectivity index (χ2v) is 13.8. The molecule has 3 aromatic rings. The number of thioether (sulfide) groups is 1. The van der Waals surface area contributed by atoms with Crippen LogP contribution in [0.1, 0.15) is 55.3 Å². The molecule has 3 aromatic carbocycles. The zero-order valence-electron chi connectivity index (χ0n) is 23.5. The Hall–Kier alpha value is -3.05. The summed E-state index contributed by atoms with van der Waals surface area (Å²) in [5.41, 5.74) is 0.243. The number of ether oxygens (including phenoxy) is 1. The lowest BCUT2D eigenvalue weighted by atomic mass is 10.0. The monoisotopic (exact) mass is 619 g/mol. The molecule has 41 heavy (non-hydrogen) atoms. The van der Waals surface area contributed by atoms with Crippen molar-refractivity contribution in [2.24, 2.45) is 0 Å². The van der Waals surface area contributed by atoms with Crippen LogP contribution in [-0.4, -0.2) is 60.0 Å². The van der Waals surface area contributed by atoms with Crippen molar-refractivity contribution in [2.45, 2.75) is 66.5 Å². The number of carbonyl (C=O) groups excluding carboxylic acids is 1. The molecule has 0 saturated carbocycles. The number of benzene rings is 3. The predicted octanol–water partition coefficient (Wildman–Crippen LogP) is 6.49. The smallest absolute Gasteiger partial charge is 0.410 e. The maximum Gasteiger partial charge on any atom is 0.410 e. The Bertz CT molecular complexity index is 1500. The van der Waals surface area contributed by atoms with Crippen molar-refractivity contribution in [1.82, 2.24) is 4.90 Å². The van der Waals surface area contributed by atoms with Crippen LogP contribution in [0.25, 0.3) is 0 Å². The highest BCUT2D eigenvalue weighted by molar-refractivity contribution is 7.98. The molecular weight excluding hydrogens is 586 g/mol. The van der Waals surface area contributed by atoms with Gasteiger partial charge in [-0.1, -0.05) is 35.9 Å². The van der Waals surface area contributed by atoms with E-state index in [-0.39, 0.29) is 21.9 Å². The van der Waals surface area contributed by atoms with Gasteiger partial charge in [-0.25, -0.2) is 18.0 Å². The van der Waals surface area contributed by atoms with Crippen LogP contribution in [0.2, 0.25) is 5.02 Å². The molecule has 11 heteroatoms. The number of aromatic carboxylic acids is 1. The number of sulfone groups is 1. The van der Waals surface area contributed by atoms with Crippen LogP contribution in [0.3, 0.4) is 0 Å². The Morgan fingerprint density at radius 3 is 2.27 bits per heavy atom. The number of carboxylic acids is 1. The van der Waals surface area contributed by atoms with Crippen LogP contribution < -0.4 is 0 Å². The number of nitrogens with zero attached hydrogens (tertiary/aromatic N) is 1. The minimum Gasteiger partial charge on any atom is -0.478 e. The number of hydrogen-bond acceptors (Lipinski definition) is 7. The minimum absolute atomic E-state index is 0.0475. The molecule has 1 amide bonds. The molecule has 0 unspecified atom stereocenters. The highest BCUT2D eigenvalue weighted by Gasteiger charge is 2.29. The number of aliphatic hydroxyl groups is 1. The number of amides is 1. The topological polar surface area (TPSA) is 121 Å². The number of carbonyl (C=O) groups is 2. The Labute approximate surface area is 250 Å². The molecule has 0 heterocycles. The van der Waals surface area contributed by atoms with Crippen LogP contribution in [0.4, 0.5) is 4.79 Å². The Kier molecular flexibility index (Phi) is 10.5. The predicted molar refractivity (Wildman–Crippen MR) is 160 cm³/mol. The first-order valence-electron chi connectivity index (χ1n) is 12.8. The van der Waals surface area contributed by atoms with E-state index in [1.54, 1.807) is 69.5 Å². The number of rotatable bonds is 10. The zero-order chi connectivity index (χ0) is 30.5. The fraction of sp³-hybridized carbons (Fsp3) is 0.333. The normalized spacial score (nSPS) is 13.3. The van der Waals surface area contributed by atoms with E-state index >= 15 is 0 Å². The van der Waals surface area contributed by atoms with Crippen LogP contribution in [0.5, 0.6) is 0 Å². The second-order valence-electron chi connectivity index (χ2n) is 10.6. The third kappa shape index (κ3) is 8.48. The first-order chi connectivity index (χ1) is 19.1. The molecule has 220 valence electrons. The average Bonchev–Trinajstić information content (AvgIpc) is 2.90. The Balaban J connectivity index is 1.85. The van der Waals surface area contributed by atoms with E-state index in [2.05, 4.69) is 0 Å². The summed E-state index contributed by atoms with van der Waals surface area (Å²) >= 11 is 7.39. The minimum atomic E-state index is -4.10. The van der Waals surface area contributed by atoms with Gasteiger partial charge in [-0.2, -0.15) is 0 Å². The molecule has 0 radical (unpaired) electrons. The van der Waals surface area contributed by atoms with Gasteiger partial charge in [0, 0.05) is 16.0 Å². The van der Waals surface area contributed by atoms with Crippen LogP contribution in [0, 0.1) is 0 Å². The quantitative estimate of drug-likeness (QED) is 0.247. The lowest BCUT2D eigenvalue weighted by Gasteiger charge is -2.33. The summed E-state index contributed by atoms with van der Waals surface area (Å²) in [5.74, 6) is -1.33. The number of halogens is 1. The van der Waals surface area contributed by atoms with Gasteiger partial charge in [-0.3, -0.25) is 0 Å². The molecule has 0 aliphatic rings. The molecule has 0 aromatic heterocycles. The van der Waals surface area contributed by atoms with E-state index in [0.29, 0.717) is 21.9 Å². The molecule has 0 saturated heterocycles. The van der Waals surface area contributed by atoms with Crippen molar-refractivity contribution in [1.29, 1.82) is 0 Å². The lowest BCUT2D eigenvalue weighted by Crippen LogP contribution is -2.45. The molecule has 0 spiro atoms. The largest absolute Gasteiger partial charge is 0.478 e.